The number of hydrogen-bond donors (Lipinski definition) is 0. The van der Waals surface area contributed by atoms with E-state index in [0.29, 0.717) is 74.3 Å². The summed E-state index contributed by atoms with van der Waals surface area (Å²) in [5.41, 5.74) is 0.646. The van der Waals surface area contributed by atoms with Crippen molar-refractivity contribution in [2.75, 3.05) is 13.2 Å². The maximum atomic E-state index is 13.1. The van der Waals surface area contributed by atoms with Gasteiger partial charge < -0.3 is 9.47 Å². The van der Waals surface area contributed by atoms with Gasteiger partial charge in [0.25, 0.3) is 0 Å². The Labute approximate surface area is 240 Å². The van der Waals surface area contributed by atoms with E-state index in [2.05, 4.69) is 0 Å². The molecular formula is C30H24Cl4O4. The average Bonchev–Trinajstić information content (AvgIpc) is 2.86. The summed E-state index contributed by atoms with van der Waals surface area (Å²) in [6, 6.07) is 10.2. The molecule has 196 valence electrons. The van der Waals surface area contributed by atoms with Crippen molar-refractivity contribution in [3.8, 4) is 0 Å². The maximum Gasteiger partial charge on any atom is 0.338 e. The molecule has 0 saturated heterocycles. The Hall–Kier alpha value is -2.50. The third-order valence-corrected chi connectivity index (χ3v) is 7.67. The van der Waals surface area contributed by atoms with Crippen LogP contribution in [0.4, 0.5) is 0 Å². The van der Waals surface area contributed by atoms with Crippen LogP contribution in [0, 0.1) is 11.8 Å². The molecule has 0 radical (unpaired) electrons. The van der Waals surface area contributed by atoms with Crippen molar-refractivity contribution in [1.29, 1.82) is 0 Å². The van der Waals surface area contributed by atoms with Crippen LogP contribution < -0.4 is 0 Å². The highest BCUT2D eigenvalue weighted by Crippen LogP contribution is 2.50. The number of benzene rings is 5. The summed E-state index contributed by atoms with van der Waals surface area (Å²) in [7, 11) is 0. The number of carbonyl (C=O) groups is 2. The van der Waals surface area contributed by atoms with E-state index < -0.39 is 11.9 Å². The lowest BCUT2D eigenvalue weighted by atomic mass is 9.87. The van der Waals surface area contributed by atoms with E-state index in [0.717, 1.165) is 0 Å². The number of esters is 2. The van der Waals surface area contributed by atoms with Crippen molar-refractivity contribution in [1.82, 2.24) is 0 Å². The summed E-state index contributed by atoms with van der Waals surface area (Å²) in [6.45, 7) is 8.40. The SMILES string of the molecule is CC(C)COC(=O)c1cc(Cl)c2c3c(Cl)ccc4c(C(=O)OCC(C)C)cc(Cl)c(c5c(Cl)ccc1c52)c43. The van der Waals surface area contributed by atoms with Crippen LogP contribution in [0.2, 0.25) is 20.1 Å². The van der Waals surface area contributed by atoms with E-state index in [4.69, 9.17) is 55.9 Å². The molecule has 5 aromatic carbocycles. The number of halogens is 4. The Morgan fingerprint density at radius 3 is 1.26 bits per heavy atom. The van der Waals surface area contributed by atoms with Crippen LogP contribution in [0.25, 0.3) is 43.1 Å². The summed E-state index contributed by atoms with van der Waals surface area (Å²) in [4.78, 5) is 26.2. The minimum Gasteiger partial charge on any atom is -0.462 e. The van der Waals surface area contributed by atoms with Crippen molar-refractivity contribution < 1.29 is 19.1 Å². The minimum absolute atomic E-state index is 0.173. The Morgan fingerprint density at radius 2 is 0.921 bits per heavy atom. The summed E-state index contributed by atoms with van der Waals surface area (Å²) in [6.07, 6.45) is 0. The molecule has 0 aliphatic carbocycles. The molecule has 8 heteroatoms. The summed E-state index contributed by atoms with van der Waals surface area (Å²) >= 11 is 27.4. The van der Waals surface area contributed by atoms with Gasteiger partial charge in [-0.3, -0.25) is 0 Å². The van der Waals surface area contributed by atoms with Gasteiger partial charge in [0, 0.05) is 52.4 Å². The second-order valence-electron chi connectivity index (χ2n) is 10.2. The van der Waals surface area contributed by atoms with E-state index in [-0.39, 0.29) is 25.0 Å². The predicted octanol–water partition coefficient (Wildman–Crippen LogP) is 9.98. The largest absolute Gasteiger partial charge is 0.462 e. The molecule has 0 bridgehead atoms. The van der Waals surface area contributed by atoms with Crippen LogP contribution in [0.1, 0.15) is 48.4 Å². The van der Waals surface area contributed by atoms with Gasteiger partial charge in [0.15, 0.2) is 0 Å². The average molecular weight is 590 g/mol. The quantitative estimate of drug-likeness (QED) is 0.112. The van der Waals surface area contributed by atoms with Crippen LogP contribution in [0.5, 0.6) is 0 Å². The number of ether oxygens (including phenoxy) is 2. The van der Waals surface area contributed by atoms with Crippen molar-refractivity contribution in [3.63, 3.8) is 0 Å². The molecule has 0 saturated carbocycles. The highest BCUT2D eigenvalue weighted by Gasteiger charge is 2.27. The summed E-state index contributed by atoms with van der Waals surface area (Å²) < 4.78 is 11.1. The van der Waals surface area contributed by atoms with Gasteiger partial charge in [0.2, 0.25) is 0 Å². The molecule has 5 aromatic rings. The molecule has 0 fully saturated rings. The molecule has 38 heavy (non-hydrogen) atoms. The molecule has 0 aliphatic rings. The molecule has 0 aromatic heterocycles. The Kier molecular flexibility index (Phi) is 7.30. The van der Waals surface area contributed by atoms with Gasteiger partial charge in [-0.1, -0.05) is 86.2 Å². The van der Waals surface area contributed by atoms with Crippen LogP contribution in [0.3, 0.4) is 0 Å². The fourth-order valence-corrected chi connectivity index (χ4v) is 5.97. The summed E-state index contributed by atoms with van der Waals surface area (Å²) in [5.74, 6) is -0.616. The van der Waals surface area contributed by atoms with E-state index in [9.17, 15) is 9.59 Å². The fourth-order valence-electron chi connectivity index (χ4n) is 4.87. The molecule has 0 unspecified atom stereocenters. The highest BCUT2D eigenvalue weighted by atomic mass is 35.5. The van der Waals surface area contributed by atoms with Crippen LogP contribution in [-0.2, 0) is 9.47 Å². The fraction of sp³-hybridized carbons (Fsp3) is 0.267. The molecule has 0 heterocycles. The van der Waals surface area contributed by atoms with Gasteiger partial charge in [-0.05, 0) is 46.9 Å². The molecule has 0 spiro atoms. The van der Waals surface area contributed by atoms with Crippen molar-refractivity contribution in [2.24, 2.45) is 11.8 Å². The zero-order valence-corrected chi connectivity index (χ0v) is 24.2. The number of hydrogen-bond acceptors (Lipinski definition) is 4. The zero-order chi connectivity index (χ0) is 27.5. The van der Waals surface area contributed by atoms with Gasteiger partial charge >= 0.3 is 11.9 Å². The third-order valence-electron chi connectivity index (χ3n) is 6.44. The monoisotopic (exact) mass is 588 g/mol. The molecule has 0 amide bonds. The molecule has 0 aliphatic heterocycles. The second-order valence-corrected chi connectivity index (χ2v) is 11.9. The Morgan fingerprint density at radius 1 is 0.579 bits per heavy atom. The second kappa shape index (κ2) is 10.2. The Balaban J connectivity index is 1.93. The first-order valence-electron chi connectivity index (χ1n) is 12.3. The Bertz CT molecular complexity index is 1610. The van der Waals surface area contributed by atoms with Gasteiger partial charge in [-0.2, -0.15) is 0 Å². The van der Waals surface area contributed by atoms with Crippen molar-refractivity contribution in [2.45, 2.75) is 27.7 Å². The van der Waals surface area contributed by atoms with E-state index in [1.807, 2.05) is 27.7 Å². The predicted molar refractivity (Wildman–Crippen MR) is 158 cm³/mol. The van der Waals surface area contributed by atoms with E-state index in [1.54, 1.807) is 36.4 Å². The lowest BCUT2D eigenvalue weighted by Crippen LogP contribution is -2.11. The van der Waals surface area contributed by atoms with Crippen molar-refractivity contribution in [3.05, 3.63) is 67.6 Å². The maximum absolute atomic E-state index is 13.1. The third kappa shape index (κ3) is 4.42. The molecule has 5 rings (SSSR count). The summed E-state index contributed by atoms with van der Waals surface area (Å²) in [5, 5.41) is 6.47. The first-order valence-corrected chi connectivity index (χ1v) is 13.8. The minimum atomic E-state index is -0.482. The first-order chi connectivity index (χ1) is 18.0. The number of fused-ring (bicyclic) bond motifs is 2. The molecule has 0 atom stereocenters. The lowest BCUT2D eigenvalue weighted by molar-refractivity contribution is 0.0453. The van der Waals surface area contributed by atoms with Gasteiger partial charge in [0.1, 0.15) is 0 Å². The smallest absolute Gasteiger partial charge is 0.338 e. The normalized spacial score (nSPS) is 12.1. The highest BCUT2D eigenvalue weighted by molar-refractivity contribution is 6.54. The van der Waals surface area contributed by atoms with Gasteiger partial charge in [-0.15, -0.1) is 0 Å². The van der Waals surface area contributed by atoms with Gasteiger partial charge in [0.05, 0.1) is 24.3 Å². The molecule has 4 nitrogen and oxygen atoms in total. The number of rotatable bonds is 6. The van der Waals surface area contributed by atoms with E-state index >= 15 is 0 Å². The topological polar surface area (TPSA) is 52.6 Å². The molecular weight excluding hydrogens is 566 g/mol. The van der Waals surface area contributed by atoms with Crippen LogP contribution in [-0.4, -0.2) is 25.2 Å². The lowest BCUT2D eigenvalue weighted by Gasteiger charge is -2.21. The van der Waals surface area contributed by atoms with Gasteiger partial charge in [-0.25, -0.2) is 9.59 Å². The molecule has 0 N–H and O–H groups in total. The van der Waals surface area contributed by atoms with Crippen LogP contribution >= 0.6 is 46.4 Å². The standard InChI is InChI=1S/C30H24Cl4O4/c1-13(2)11-37-29(35)17-9-21(33)27-23-15(17)5-7-19(31)25(23)28-22(34)10-18(30(36)38-12-14(3)4)16-6-8-20(32)26(27)24(16)28/h5-10,13-14H,11-12H2,1-4H3. The number of carbonyl (C=O) groups excluding carboxylic acids is 2. The van der Waals surface area contributed by atoms with Crippen LogP contribution in [0.15, 0.2) is 36.4 Å². The first kappa shape index (κ1) is 27.1. The van der Waals surface area contributed by atoms with E-state index in [1.165, 1.54) is 0 Å². The zero-order valence-electron chi connectivity index (χ0n) is 21.2. The van der Waals surface area contributed by atoms with Crippen molar-refractivity contribution >= 4 is 101 Å².